The predicted molar refractivity (Wildman–Crippen MR) is 85.4 cm³/mol. The number of rotatable bonds is 4. The Labute approximate surface area is 138 Å². The van der Waals surface area contributed by atoms with E-state index in [0.717, 1.165) is 11.4 Å². The summed E-state index contributed by atoms with van der Waals surface area (Å²) in [5.41, 5.74) is 2.24. The molecule has 0 bridgehead atoms. The Balaban J connectivity index is 1.75. The first-order chi connectivity index (χ1) is 11.5. The molecule has 8 heteroatoms. The van der Waals surface area contributed by atoms with Crippen LogP contribution in [0.4, 0.5) is 5.82 Å². The number of nitrogens with zero attached hydrogens (tertiary/aromatic N) is 5. The minimum absolute atomic E-state index is 0.164. The number of nitrogens with one attached hydrogen (secondary N) is 1. The number of aromatic nitrogens is 4. The molecular weight excluding hydrogens is 308 g/mol. The van der Waals surface area contributed by atoms with Crippen LogP contribution in [0.15, 0.2) is 28.8 Å². The van der Waals surface area contributed by atoms with Crippen molar-refractivity contribution in [2.75, 3.05) is 5.32 Å². The average Bonchev–Trinajstić information content (AvgIpc) is 3.22. The van der Waals surface area contributed by atoms with E-state index < -0.39 is 5.91 Å². The fourth-order valence-electron chi connectivity index (χ4n) is 2.40. The van der Waals surface area contributed by atoms with Crippen molar-refractivity contribution in [2.24, 2.45) is 7.05 Å². The van der Waals surface area contributed by atoms with Gasteiger partial charge in [-0.25, -0.2) is 0 Å². The highest BCUT2D eigenvalue weighted by Gasteiger charge is 2.16. The van der Waals surface area contributed by atoms with Gasteiger partial charge in [-0.2, -0.15) is 15.5 Å². The standard InChI is InChI=1S/C16H16N6O2/c1-10-6-11(2)22(20-10)9-13-4-5-14(24-13)16(23)19-15-12(7-17)8-18-21(15)3/h4-6,8H,9H2,1-3H3,(H,19,23). The van der Waals surface area contributed by atoms with Crippen LogP contribution in [-0.4, -0.2) is 25.5 Å². The number of amides is 1. The Hall–Kier alpha value is -3.34. The van der Waals surface area contributed by atoms with Gasteiger partial charge in [-0.05, 0) is 32.0 Å². The summed E-state index contributed by atoms with van der Waals surface area (Å²) in [5, 5.41) is 20.0. The summed E-state index contributed by atoms with van der Waals surface area (Å²) in [5.74, 6) is 0.683. The van der Waals surface area contributed by atoms with Crippen LogP contribution in [0, 0.1) is 25.2 Å². The first kappa shape index (κ1) is 15.6. The molecule has 0 fully saturated rings. The van der Waals surface area contributed by atoms with Crippen LogP contribution in [0.1, 0.15) is 33.3 Å². The number of furan rings is 1. The van der Waals surface area contributed by atoms with Crippen molar-refractivity contribution < 1.29 is 9.21 Å². The normalized spacial score (nSPS) is 10.6. The minimum Gasteiger partial charge on any atom is -0.454 e. The molecule has 3 rings (SSSR count). The molecule has 122 valence electrons. The van der Waals surface area contributed by atoms with Crippen molar-refractivity contribution in [2.45, 2.75) is 20.4 Å². The molecule has 0 unspecified atom stereocenters. The number of hydrogen-bond acceptors (Lipinski definition) is 5. The highest BCUT2D eigenvalue weighted by Crippen LogP contribution is 2.16. The zero-order chi connectivity index (χ0) is 17.3. The molecule has 0 atom stereocenters. The van der Waals surface area contributed by atoms with Gasteiger partial charge in [0.1, 0.15) is 23.2 Å². The maximum Gasteiger partial charge on any atom is 0.292 e. The lowest BCUT2D eigenvalue weighted by atomic mass is 10.3. The molecule has 0 saturated heterocycles. The lowest BCUT2D eigenvalue weighted by Gasteiger charge is -2.04. The lowest BCUT2D eigenvalue weighted by Crippen LogP contribution is -2.14. The quantitative estimate of drug-likeness (QED) is 0.791. The first-order valence-corrected chi connectivity index (χ1v) is 7.31. The second-order valence-corrected chi connectivity index (χ2v) is 5.45. The Morgan fingerprint density at radius 1 is 1.42 bits per heavy atom. The summed E-state index contributed by atoms with van der Waals surface area (Å²) in [6.45, 7) is 4.33. The van der Waals surface area contributed by atoms with E-state index in [0.29, 0.717) is 23.7 Å². The van der Waals surface area contributed by atoms with E-state index in [2.05, 4.69) is 15.5 Å². The summed E-state index contributed by atoms with van der Waals surface area (Å²) in [4.78, 5) is 12.3. The Kier molecular flexibility index (Phi) is 3.92. The molecule has 3 heterocycles. The van der Waals surface area contributed by atoms with Crippen LogP contribution < -0.4 is 5.32 Å². The van der Waals surface area contributed by atoms with Gasteiger partial charge in [-0.15, -0.1) is 0 Å². The van der Waals surface area contributed by atoms with E-state index in [-0.39, 0.29) is 5.76 Å². The Morgan fingerprint density at radius 2 is 2.21 bits per heavy atom. The first-order valence-electron chi connectivity index (χ1n) is 7.31. The van der Waals surface area contributed by atoms with E-state index >= 15 is 0 Å². The maximum absolute atomic E-state index is 12.3. The fourth-order valence-corrected chi connectivity index (χ4v) is 2.40. The van der Waals surface area contributed by atoms with Gasteiger partial charge < -0.3 is 9.73 Å². The van der Waals surface area contributed by atoms with Crippen molar-refractivity contribution in [1.82, 2.24) is 19.6 Å². The summed E-state index contributed by atoms with van der Waals surface area (Å²) >= 11 is 0. The molecule has 1 amide bonds. The molecule has 0 aromatic carbocycles. The second-order valence-electron chi connectivity index (χ2n) is 5.45. The highest BCUT2D eigenvalue weighted by molar-refractivity contribution is 6.02. The van der Waals surface area contributed by atoms with Crippen LogP contribution in [0.25, 0.3) is 0 Å². The molecular formula is C16H16N6O2. The number of carbonyl (C=O) groups is 1. The summed E-state index contributed by atoms with van der Waals surface area (Å²) < 4.78 is 8.83. The smallest absolute Gasteiger partial charge is 0.292 e. The Bertz CT molecular complexity index is 940. The largest absolute Gasteiger partial charge is 0.454 e. The second kappa shape index (κ2) is 6.04. The van der Waals surface area contributed by atoms with Gasteiger partial charge in [-0.3, -0.25) is 14.2 Å². The van der Waals surface area contributed by atoms with E-state index in [4.69, 9.17) is 9.68 Å². The number of aryl methyl sites for hydroxylation is 3. The summed E-state index contributed by atoms with van der Waals surface area (Å²) in [7, 11) is 1.65. The summed E-state index contributed by atoms with van der Waals surface area (Å²) in [6.07, 6.45) is 1.39. The van der Waals surface area contributed by atoms with E-state index in [1.165, 1.54) is 10.9 Å². The van der Waals surface area contributed by atoms with Gasteiger partial charge in [0.2, 0.25) is 0 Å². The van der Waals surface area contributed by atoms with Crippen LogP contribution in [0.2, 0.25) is 0 Å². The molecule has 8 nitrogen and oxygen atoms in total. The third-order valence-corrected chi connectivity index (χ3v) is 3.59. The van der Waals surface area contributed by atoms with Crippen LogP contribution >= 0.6 is 0 Å². The van der Waals surface area contributed by atoms with E-state index in [1.54, 1.807) is 19.2 Å². The van der Waals surface area contributed by atoms with Crippen molar-refractivity contribution in [3.63, 3.8) is 0 Å². The van der Waals surface area contributed by atoms with Crippen molar-refractivity contribution in [1.29, 1.82) is 5.26 Å². The van der Waals surface area contributed by atoms with Crippen molar-refractivity contribution >= 4 is 11.7 Å². The van der Waals surface area contributed by atoms with Gasteiger partial charge in [0, 0.05) is 12.7 Å². The predicted octanol–water partition coefficient (Wildman–Crippen LogP) is 2.00. The zero-order valence-electron chi connectivity index (χ0n) is 13.6. The lowest BCUT2D eigenvalue weighted by molar-refractivity contribution is 0.0993. The number of anilines is 1. The number of nitriles is 1. The molecule has 1 N–H and O–H groups in total. The molecule has 24 heavy (non-hydrogen) atoms. The zero-order valence-corrected chi connectivity index (χ0v) is 13.6. The van der Waals surface area contributed by atoms with E-state index in [9.17, 15) is 4.79 Å². The van der Waals surface area contributed by atoms with Crippen LogP contribution in [0.5, 0.6) is 0 Å². The van der Waals surface area contributed by atoms with Gasteiger partial charge >= 0.3 is 0 Å². The maximum atomic E-state index is 12.3. The molecule has 0 aliphatic rings. The number of hydrogen-bond donors (Lipinski definition) is 1. The van der Waals surface area contributed by atoms with Crippen molar-refractivity contribution in [3.8, 4) is 6.07 Å². The molecule has 3 aromatic rings. The monoisotopic (exact) mass is 324 g/mol. The third kappa shape index (κ3) is 2.92. The highest BCUT2D eigenvalue weighted by atomic mass is 16.4. The molecule has 0 radical (unpaired) electrons. The van der Waals surface area contributed by atoms with E-state index in [1.807, 2.05) is 30.7 Å². The molecule has 3 aromatic heterocycles. The molecule has 0 spiro atoms. The topological polar surface area (TPSA) is 102 Å². The molecule has 0 aliphatic carbocycles. The fraction of sp³-hybridized carbons (Fsp3) is 0.250. The average molecular weight is 324 g/mol. The van der Waals surface area contributed by atoms with Gasteiger partial charge in [0.25, 0.3) is 5.91 Å². The molecule has 0 saturated carbocycles. The van der Waals surface area contributed by atoms with Crippen LogP contribution in [0.3, 0.4) is 0 Å². The third-order valence-electron chi connectivity index (χ3n) is 3.59. The minimum atomic E-state index is -0.435. The van der Waals surface area contributed by atoms with Crippen LogP contribution in [-0.2, 0) is 13.6 Å². The van der Waals surface area contributed by atoms with Gasteiger partial charge in [-0.1, -0.05) is 0 Å². The SMILES string of the molecule is Cc1cc(C)n(Cc2ccc(C(=O)Nc3c(C#N)cnn3C)o2)n1. The Morgan fingerprint density at radius 3 is 2.88 bits per heavy atom. The van der Waals surface area contributed by atoms with Gasteiger partial charge in [0.05, 0.1) is 18.4 Å². The van der Waals surface area contributed by atoms with Crippen molar-refractivity contribution in [3.05, 3.63) is 52.9 Å². The molecule has 0 aliphatic heterocycles. The van der Waals surface area contributed by atoms with Gasteiger partial charge in [0.15, 0.2) is 5.76 Å². The summed E-state index contributed by atoms with van der Waals surface area (Å²) in [6, 6.07) is 7.29. The number of carbonyl (C=O) groups excluding carboxylic acids is 1.